The Balaban J connectivity index is 2.55. The van der Waals surface area contributed by atoms with Crippen LogP contribution in [0.25, 0.3) is 0 Å². The fraction of sp³-hybridized carbons (Fsp3) is 0.417. The molecule has 0 saturated carbocycles. The zero-order valence-electron chi connectivity index (χ0n) is 22.1. The molecule has 0 saturated heterocycles. The lowest BCUT2D eigenvalue weighted by Crippen LogP contribution is -2.50. The molecule has 0 spiro atoms. The van der Waals surface area contributed by atoms with E-state index in [2.05, 4.69) is 10.6 Å². The van der Waals surface area contributed by atoms with Gasteiger partial charge in [-0.25, -0.2) is 4.39 Å². The van der Waals surface area contributed by atoms with Crippen LogP contribution in [0.3, 0.4) is 0 Å². The highest BCUT2D eigenvalue weighted by atomic mass is 32.2. The number of benzene rings is 2. The maximum absolute atomic E-state index is 14.5. The third-order valence-corrected chi connectivity index (χ3v) is 6.94. The van der Waals surface area contributed by atoms with Gasteiger partial charge in [-0.05, 0) is 56.6 Å². The lowest BCUT2D eigenvalue weighted by atomic mass is 9.92. The van der Waals surface area contributed by atoms with Gasteiger partial charge >= 0.3 is 28.1 Å². The zero-order valence-corrected chi connectivity index (χ0v) is 23.7. The lowest BCUT2D eigenvalue weighted by molar-refractivity contribution is -0.348. The molecule has 0 aliphatic rings. The van der Waals surface area contributed by atoms with E-state index in [0.717, 1.165) is 31.1 Å². The number of nitrogens with one attached hydrogen (secondary N) is 2. The van der Waals surface area contributed by atoms with E-state index in [-0.39, 0.29) is 29.1 Å². The fourth-order valence-corrected chi connectivity index (χ4v) is 4.44. The number of amides is 2. The van der Waals surface area contributed by atoms with Gasteiger partial charge in [0.1, 0.15) is 0 Å². The molecular formula is C24H25F7N2O6S2. The first-order chi connectivity index (χ1) is 18.5. The number of anilines is 1. The molecule has 2 aromatic rings. The predicted octanol–water partition coefficient (Wildman–Crippen LogP) is 5.68. The maximum Gasteiger partial charge on any atom is 0.435 e. The first-order valence-electron chi connectivity index (χ1n) is 11.3. The van der Waals surface area contributed by atoms with Gasteiger partial charge in [-0.1, -0.05) is 18.2 Å². The standard InChI is InChI=1S/C24H25F7N2O6S2/c1-13-11-14(22(25,23(26,27)28)24(29,30)31)9-10-16(13)32-19(34)15-7-6-8-17(39-41(5,36)37)18(15)20(35)33-21(2,3)12-40-38-4/h6-11H,12H2,1-5H3,(H,32,34)(H,33,35). The molecule has 0 aliphatic heterocycles. The Morgan fingerprint density at radius 2 is 1.54 bits per heavy atom. The van der Waals surface area contributed by atoms with Crippen molar-refractivity contribution in [2.45, 2.75) is 44.3 Å². The third-order valence-electron chi connectivity index (χ3n) is 5.38. The summed E-state index contributed by atoms with van der Waals surface area (Å²) in [5.41, 5.74) is -10.1. The van der Waals surface area contributed by atoms with Gasteiger partial charge in [0.25, 0.3) is 11.8 Å². The molecule has 2 rings (SSSR count). The SMILES string of the molecule is COSCC(C)(C)NC(=O)c1c(OS(C)(=O)=O)cccc1C(=O)Nc1ccc(C(F)(C(F)(F)F)C(F)(F)F)cc1C. The molecule has 0 radical (unpaired) electrons. The van der Waals surface area contributed by atoms with Crippen molar-refractivity contribution in [2.24, 2.45) is 0 Å². The number of rotatable bonds is 10. The van der Waals surface area contributed by atoms with Gasteiger partial charge in [-0.15, -0.1) is 0 Å². The molecule has 8 nitrogen and oxygen atoms in total. The number of aryl methyl sites for hydroxylation is 1. The van der Waals surface area contributed by atoms with Gasteiger partial charge in [-0.2, -0.15) is 34.8 Å². The van der Waals surface area contributed by atoms with E-state index in [1.807, 2.05) is 0 Å². The molecule has 0 unspecified atom stereocenters. The van der Waals surface area contributed by atoms with Crippen LogP contribution in [0.1, 0.15) is 45.7 Å². The van der Waals surface area contributed by atoms with Crippen LogP contribution in [0, 0.1) is 6.92 Å². The predicted molar refractivity (Wildman–Crippen MR) is 137 cm³/mol. The number of carbonyl (C=O) groups excluding carboxylic acids is 2. The summed E-state index contributed by atoms with van der Waals surface area (Å²) in [5.74, 6) is -2.35. The highest BCUT2D eigenvalue weighted by Crippen LogP contribution is 2.53. The van der Waals surface area contributed by atoms with E-state index in [1.165, 1.54) is 13.2 Å². The van der Waals surface area contributed by atoms with Gasteiger partial charge in [0, 0.05) is 22.5 Å². The van der Waals surface area contributed by atoms with Crippen molar-refractivity contribution < 1.29 is 57.1 Å². The van der Waals surface area contributed by atoms with E-state index in [9.17, 15) is 48.7 Å². The van der Waals surface area contributed by atoms with Gasteiger partial charge in [-0.3, -0.25) is 9.59 Å². The van der Waals surface area contributed by atoms with Crippen molar-refractivity contribution in [3.8, 4) is 5.75 Å². The van der Waals surface area contributed by atoms with Crippen molar-refractivity contribution in [3.05, 3.63) is 58.7 Å². The molecule has 228 valence electrons. The zero-order chi connectivity index (χ0) is 31.6. The molecule has 17 heteroatoms. The monoisotopic (exact) mass is 634 g/mol. The molecule has 0 aromatic heterocycles. The largest absolute Gasteiger partial charge is 0.435 e. The summed E-state index contributed by atoms with van der Waals surface area (Å²) >= 11 is 0.997. The molecule has 2 N–H and O–H groups in total. The van der Waals surface area contributed by atoms with Crippen LogP contribution in [0.2, 0.25) is 0 Å². The average Bonchev–Trinajstić information content (AvgIpc) is 2.80. The molecule has 0 heterocycles. The van der Waals surface area contributed by atoms with Crippen molar-refractivity contribution >= 4 is 39.7 Å². The minimum Gasteiger partial charge on any atom is -0.382 e. The Bertz CT molecular complexity index is 1400. The summed E-state index contributed by atoms with van der Waals surface area (Å²) in [6.45, 7) is 4.24. The summed E-state index contributed by atoms with van der Waals surface area (Å²) in [6, 6.07) is 4.52. The molecule has 2 aromatic carbocycles. The first kappa shape index (κ1) is 34.2. The van der Waals surface area contributed by atoms with Gasteiger partial charge in [0.15, 0.2) is 5.75 Å². The highest BCUT2D eigenvalue weighted by Gasteiger charge is 2.73. The number of hydrogen-bond acceptors (Lipinski definition) is 7. The Hall–Kier alpha value is -3.05. The fourth-order valence-electron chi connectivity index (χ4n) is 3.50. The van der Waals surface area contributed by atoms with E-state index < -0.39 is 67.9 Å². The quantitative estimate of drug-likeness (QED) is 0.197. The Morgan fingerprint density at radius 1 is 0.951 bits per heavy atom. The van der Waals surface area contributed by atoms with Gasteiger partial charge in [0.05, 0.1) is 24.5 Å². The van der Waals surface area contributed by atoms with Crippen LogP contribution in [0.15, 0.2) is 36.4 Å². The van der Waals surface area contributed by atoms with Gasteiger partial charge < -0.3 is 19.0 Å². The number of halogens is 7. The van der Waals surface area contributed by atoms with Crippen molar-refractivity contribution in [1.82, 2.24) is 5.32 Å². The maximum atomic E-state index is 14.5. The molecule has 2 amide bonds. The lowest BCUT2D eigenvalue weighted by Gasteiger charge is -2.30. The summed E-state index contributed by atoms with van der Waals surface area (Å²) in [5, 5.41) is 4.84. The van der Waals surface area contributed by atoms with Crippen LogP contribution < -0.4 is 14.8 Å². The Labute approximate surface area is 235 Å². The minimum atomic E-state index is -6.33. The van der Waals surface area contributed by atoms with Crippen LogP contribution in [-0.4, -0.2) is 57.2 Å². The second-order valence-corrected chi connectivity index (χ2v) is 11.8. The molecule has 41 heavy (non-hydrogen) atoms. The first-order valence-corrected chi connectivity index (χ1v) is 14.0. The summed E-state index contributed by atoms with van der Waals surface area (Å²) in [7, 11) is -2.80. The Morgan fingerprint density at radius 3 is 2.02 bits per heavy atom. The molecule has 0 atom stereocenters. The van der Waals surface area contributed by atoms with E-state index >= 15 is 0 Å². The van der Waals surface area contributed by atoms with Crippen LogP contribution >= 0.6 is 12.0 Å². The van der Waals surface area contributed by atoms with Gasteiger partial charge in [0.2, 0.25) is 0 Å². The number of alkyl halides is 7. The Kier molecular flexibility index (Phi) is 10.0. The van der Waals surface area contributed by atoms with E-state index in [1.54, 1.807) is 13.8 Å². The highest BCUT2D eigenvalue weighted by molar-refractivity contribution is 7.94. The molecule has 0 fully saturated rings. The molecule has 0 aliphatic carbocycles. The average molecular weight is 635 g/mol. The normalized spacial score (nSPS) is 13.1. The second-order valence-electron chi connectivity index (χ2n) is 9.37. The van der Waals surface area contributed by atoms with E-state index in [4.69, 9.17) is 8.37 Å². The van der Waals surface area contributed by atoms with Crippen LogP contribution in [0.4, 0.5) is 36.4 Å². The second kappa shape index (κ2) is 12.1. The number of carbonyl (C=O) groups is 2. The summed E-state index contributed by atoms with van der Waals surface area (Å²) in [6.07, 6.45) is -12.0. The summed E-state index contributed by atoms with van der Waals surface area (Å²) in [4.78, 5) is 26.4. The molecular weight excluding hydrogens is 609 g/mol. The van der Waals surface area contributed by atoms with Crippen molar-refractivity contribution in [3.63, 3.8) is 0 Å². The number of hydrogen-bond donors (Lipinski definition) is 2. The van der Waals surface area contributed by atoms with Crippen LogP contribution in [0.5, 0.6) is 5.75 Å². The third kappa shape index (κ3) is 8.03. The van der Waals surface area contributed by atoms with E-state index in [0.29, 0.717) is 12.3 Å². The van der Waals surface area contributed by atoms with Crippen molar-refractivity contribution in [1.29, 1.82) is 0 Å². The molecule has 0 bridgehead atoms. The topological polar surface area (TPSA) is 111 Å². The van der Waals surface area contributed by atoms with Crippen molar-refractivity contribution in [2.75, 3.05) is 24.4 Å². The smallest absolute Gasteiger partial charge is 0.382 e. The minimum absolute atomic E-state index is 0.219. The van der Waals surface area contributed by atoms with Crippen LogP contribution in [-0.2, 0) is 20.0 Å². The summed E-state index contributed by atoms with van der Waals surface area (Å²) < 4.78 is 127.